The average Bonchev–Trinajstić information content (AvgIpc) is 2.70. The molecule has 0 amide bonds. The molecular weight excluding hydrogens is 257 g/mol. The van der Waals surface area contributed by atoms with Gasteiger partial charge in [-0.05, 0) is 42.5 Å². The lowest BCUT2D eigenvalue weighted by molar-refractivity contribution is 0.595. The van der Waals surface area contributed by atoms with E-state index in [4.69, 9.17) is 17.3 Å². The number of aryl methyl sites for hydroxylation is 1. The zero-order valence-corrected chi connectivity index (χ0v) is 11.0. The first kappa shape index (κ1) is 12.6. The van der Waals surface area contributed by atoms with Gasteiger partial charge in [0.1, 0.15) is 5.82 Å². The van der Waals surface area contributed by atoms with Crippen molar-refractivity contribution in [2.75, 3.05) is 0 Å². The van der Waals surface area contributed by atoms with Crippen LogP contribution in [0.25, 0.3) is 0 Å². The fourth-order valence-corrected chi connectivity index (χ4v) is 2.98. The van der Waals surface area contributed by atoms with Crippen molar-refractivity contribution >= 4 is 22.9 Å². The van der Waals surface area contributed by atoms with Gasteiger partial charge in [-0.2, -0.15) is 0 Å². The second kappa shape index (κ2) is 5.17. The molecule has 0 aliphatic rings. The molecule has 2 aromatic rings. The van der Waals surface area contributed by atoms with E-state index in [0.717, 1.165) is 10.4 Å². The van der Waals surface area contributed by atoms with E-state index in [1.54, 1.807) is 23.5 Å². The third-order valence-corrected chi connectivity index (χ3v) is 4.23. The first-order valence-electron chi connectivity index (χ1n) is 5.32. The van der Waals surface area contributed by atoms with E-state index in [1.807, 2.05) is 18.4 Å². The highest BCUT2D eigenvalue weighted by molar-refractivity contribution is 7.10. The Morgan fingerprint density at radius 1 is 1.41 bits per heavy atom. The molecule has 0 saturated heterocycles. The third-order valence-electron chi connectivity index (χ3n) is 2.72. The Morgan fingerprint density at radius 3 is 2.76 bits per heavy atom. The standard InChI is InChI=1S/C13H13ClFNS/c1-8-5-6-17-13(8)12(16)7-9-10(14)3-2-4-11(9)15/h2-6,12H,7,16H2,1H3. The Balaban J connectivity index is 2.25. The molecule has 1 aromatic heterocycles. The van der Waals surface area contributed by atoms with Crippen molar-refractivity contribution in [1.82, 2.24) is 0 Å². The third kappa shape index (κ3) is 2.68. The van der Waals surface area contributed by atoms with Crippen LogP contribution in [0.4, 0.5) is 4.39 Å². The monoisotopic (exact) mass is 269 g/mol. The van der Waals surface area contributed by atoms with Gasteiger partial charge in [-0.3, -0.25) is 0 Å². The highest BCUT2D eigenvalue weighted by atomic mass is 35.5. The predicted molar refractivity (Wildman–Crippen MR) is 71.1 cm³/mol. The topological polar surface area (TPSA) is 26.0 Å². The van der Waals surface area contributed by atoms with Crippen LogP contribution in [0.3, 0.4) is 0 Å². The molecule has 0 aliphatic heterocycles. The van der Waals surface area contributed by atoms with Crippen LogP contribution in [0.1, 0.15) is 22.0 Å². The number of nitrogens with two attached hydrogens (primary N) is 1. The smallest absolute Gasteiger partial charge is 0.127 e. The molecule has 1 atom stereocenters. The number of rotatable bonds is 3. The maximum atomic E-state index is 13.6. The maximum absolute atomic E-state index is 13.6. The average molecular weight is 270 g/mol. The fourth-order valence-electron chi connectivity index (χ4n) is 1.80. The minimum Gasteiger partial charge on any atom is -0.323 e. The lowest BCUT2D eigenvalue weighted by atomic mass is 10.0. The van der Waals surface area contributed by atoms with Crippen LogP contribution in [-0.4, -0.2) is 0 Å². The summed E-state index contributed by atoms with van der Waals surface area (Å²) in [5.74, 6) is -0.290. The number of halogens is 2. The Bertz CT molecular complexity index is 504. The van der Waals surface area contributed by atoms with Crippen LogP contribution in [0.15, 0.2) is 29.6 Å². The lowest BCUT2D eigenvalue weighted by Crippen LogP contribution is -2.14. The number of thiophene rings is 1. The minimum atomic E-state index is -0.290. The zero-order chi connectivity index (χ0) is 12.4. The molecule has 2 rings (SSSR count). The van der Waals surface area contributed by atoms with Crippen LogP contribution < -0.4 is 5.73 Å². The molecule has 0 saturated carbocycles. The second-order valence-electron chi connectivity index (χ2n) is 3.98. The molecule has 2 N–H and O–H groups in total. The molecule has 90 valence electrons. The van der Waals surface area contributed by atoms with Crippen LogP contribution >= 0.6 is 22.9 Å². The highest BCUT2D eigenvalue weighted by Gasteiger charge is 2.15. The van der Waals surface area contributed by atoms with E-state index < -0.39 is 0 Å². The molecule has 1 unspecified atom stereocenters. The van der Waals surface area contributed by atoms with Crippen LogP contribution in [0.2, 0.25) is 5.02 Å². The van der Waals surface area contributed by atoms with Gasteiger partial charge in [0.05, 0.1) is 0 Å². The van der Waals surface area contributed by atoms with Gasteiger partial charge < -0.3 is 5.73 Å². The summed E-state index contributed by atoms with van der Waals surface area (Å²) in [5.41, 5.74) is 7.74. The maximum Gasteiger partial charge on any atom is 0.127 e. The second-order valence-corrected chi connectivity index (χ2v) is 5.33. The van der Waals surface area contributed by atoms with Crippen molar-refractivity contribution < 1.29 is 4.39 Å². The number of hydrogen-bond acceptors (Lipinski definition) is 2. The van der Waals surface area contributed by atoms with E-state index in [0.29, 0.717) is 17.0 Å². The molecule has 0 aliphatic carbocycles. The van der Waals surface area contributed by atoms with Crippen molar-refractivity contribution in [1.29, 1.82) is 0 Å². The van der Waals surface area contributed by atoms with E-state index in [9.17, 15) is 4.39 Å². The zero-order valence-electron chi connectivity index (χ0n) is 9.41. The summed E-state index contributed by atoms with van der Waals surface area (Å²) in [6, 6.07) is 6.51. The molecule has 0 fully saturated rings. The largest absolute Gasteiger partial charge is 0.323 e. The van der Waals surface area contributed by atoms with Crippen LogP contribution in [-0.2, 0) is 6.42 Å². The van der Waals surface area contributed by atoms with E-state index in [1.165, 1.54) is 6.07 Å². The summed E-state index contributed by atoms with van der Waals surface area (Å²) in [5, 5.41) is 2.43. The van der Waals surface area contributed by atoms with Crippen molar-refractivity contribution in [3.63, 3.8) is 0 Å². The van der Waals surface area contributed by atoms with Gasteiger partial charge in [-0.15, -0.1) is 11.3 Å². The number of benzene rings is 1. The van der Waals surface area contributed by atoms with Gasteiger partial charge in [0.25, 0.3) is 0 Å². The van der Waals surface area contributed by atoms with Gasteiger partial charge >= 0.3 is 0 Å². The first-order valence-corrected chi connectivity index (χ1v) is 6.58. The summed E-state index contributed by atoms with van der Waals surface area (Å²) in [7, 11) is 0. The van der Waals surface area contributed by atoms with E-state index >= 15 is 0 Å². The normalized spacial score (nSPS) is 12.7. The van der Waals surface area contributed by atoms with Gasteiger partial charge in [-0.25, -0.2) is 4.39 Å². The summed E-state index contributed by atoms with van der Waals surface area (Å²) in [4.78, 5) is 1.09. The highest BCUT2D eigenvalue weighted by Crippen LogP contribution is 2.28. The summed E-state index contributed by atoms with van der Waals surface area (Å²) >= 11 is 7.58. The molecule has 1 aromatic carbocycles. The van der Waals surface area contributed by atoms with E-state index in [2.05, 4.69) is 0 Å². The molecule has 1 heterocycles. The van der Waals surface area contributed by atoms with Gasteiger partial charge in [0, 0.05) is 21.5 Å². The van der Waals surface area contributed by atoms with Crippen LogP contribution in [0, 0.1) is 12.7 Å². The van der Waals surface area contributed by atoms with E-state index in [-0.39, 0.29) is 11.9 Å². The molecule has 1 nitrogen and oxygen atoms in total. The SMILES string of the molecule is Cc1ccsc1C(N)Cc1c(F)cccc1Cl. The molecule has 17 heavy (non-hydrogen) atoms. The Morgan fingerprint density at radius 2 is 2.18 bits per heavy atom. The molecule has 4 heteroatoms. The molecule has 0 spiro atoms. The van der Waals surface area contributed by atoms with Crippen molar-refractivity contribution in [2.24, 2.45) is 5.73 Å². The fraction of sp³-hybridized carbons (Fsp3) is 0.231. The predicted octanol–water partition coefficient (Wildman–Crippen LogP) is 4.09. The van der Waals surface area contributed by atoms with Gasteiger partial charge in [-0.1, -0.05) is 17.7 Å². The van der Waals surface area contributed by atoms with Crippen molar-refractivity contribution in [3.05, 3.63) is 56.5 Å². The number of hydrogen-bond donors (Lipinski definition) is 1. The first-order chi connectivity index (χ1) is 8.09. The molecule has 0 radical (unpaired) electrons. The van der Waals surface area contributed by atoms with Crippen LogP contribution in [0.5, 0.6) is 0 Å². The molecule has 0 bridgehead atoms. The summed E-state index contributed by atoms with van der Waals surface area (Å²) in [6.45, 7) is 2.01. The Hall–Kier alpha value is -0.900. The Kier molecular flexibility index (Phi) is 3.82. The van der Waals surface area contributed by atoms with Crippen molar-refractivity contribution in [3.8, 4) is 0 Å². The molecular formula is C13H13ClFNS. The minimum absolute atomic E-state index is 0.204. The van der Waals surface area contributed by atoms with Gasteiger partial charge in [0.2, 0.25) is 0 Å². The Labute approximate surface area is 109 Å². The van der Waals surface area contributed by atoms with Gasteiger partial charge in [0.15, 0.2) is 0 Å². The summed E-state index contributed by atoms with van der Waals surface area (Å²) in [6.07, 6.45) is 0.423. The van der Waals surface area contributed by atoms with Crippen molar-refractivity contribution in [2.45, 2.75) is 19.4 Å². The quantitative estimate of drug-likeness (QED) is 0.892. The summed E-state index contributed by atoms with van der Waals surface area (Å²) < 4.78 is 13.6. The lowest BCUT2D eigenvalue weighted by Gasteiger charge is -2.13.